The molecule has 1 rings (SSSR count). The first-order valence-electron chi connectivity index (χ1n) is 3.53. The van der Waals surface area contributed by atoms with Crippen LogP contribution in [0.2, 0.25) is 0 Å². The van der Waals surface area contributed by atoms with Crippen LogP contribution in [0.3, 0.4) is 0 Å². The molecule has 0 aliphatic carbocycles. The van der Waals surface area contributed by atoms with Gasteiger partial charge in [-0.25, -0.2) is 0 Å². The number of aromatic nitrogens is 1. The van der Waals surface area contributed by atoms with E-state index in [4.69, 9.17) is 5.11 Å². The average molecular weight is 224 g/mol. The molecule has 3 nitrogen and oxygen atoms in total. The SMILES string of the molecule is Cl.O=C(O)CC(F)(F)c1ccccn1. The van der Waals surface area contributed by atoms with Crippen molar-refractivity contribution < 1.29 is 18.7 Å². The van der Waals surface area contributed by atoms with Crippen LogP contribution in [0.4, 0.5) is 8.78 Å². The van der Waals surface area contributed by atoms with Crippen molar-refractivity contribution in [3.8, 4) is 0 Å². The van der Waals surface area contributed by atoms with Crippen molar-refractivity contribution >= 4 is 18.4 Å². The van der Waals surface area contributed by atoms with Gasteiger partial charge >= 0.3 is 5.97 Å². The molecular formula is C8H8ClF2NO2. The lowest BCUT2D eigenvalue weighted by atomic mass is 10.1. The molecule has 1 aromatic rings. The molecular weight excluding hydrogens is 216 g/mol. The Morgan fingerprint density at radius 3 is 2.57 bits per heavy atom. The van der Waals surface area contributed by atoms with Crippen molar-refractivity contribution in [3.63, 3.8) is 0 Å². The fourth-order valence-corrected chi connectivity index (χ4v) is 0.860. The summed E-state index contributed by atoms with van der Waals surface area (Å²) in [7, 11) is 0. The van der Waals surface area contributed by atoms with Crippen molar-refractivity contribution in [3.05, 3.63) is 30.1 Å². The molecule has 14 heavy (non-hydrogen) atoms. The van der Waals surface area contributed by atoms with E-state index in [9.17, 15) is 13.6 Å². The zero-order valence-corrected chi connectivity index (χ0v) is 7.80. The molecule has 6 heteroatoms. The topological polar surface area (TPSA) is 50.2 Å². The van der Waals surface area contributed by atoms with Gasteiger partial charge in [-0.05, 0) is 12.1 Å². The largest absolute Gasteiger partial charge is 0.481 e. The van der Waals surface area contributed by atoms with Gasteiger partial charge in [-0.15, -0.1) is 12.4 Å². The lowest BCUT2D eigenvalue weighted by Crippen LogP contribution is -2.19. The van der Waals surface area contributed by atoms with Crippen molar-refractivity contribution in [1.82, 2.24) is 4.98 Å². The van der Waals surface area contributed by atoms with Crippen molar-refractivity contribution in [2.45, 2.75) is 12.3 Å². The summed E-state index contributed by atoms with van der Waals surface area (Å²) in [4.78, 5) is 13.5. The number of hydrogen-bond donors (Lipinski definition) is 1. The third-order valence-electron chi connectivity index (χ3n) is 1.41. The smallest absolute Gasteiger partial charge is 0.309 e. The van der Waals surface area contributed by atoms with Crippen LogP contribution in [0.1, 0.15) is 12.1 Å². The normalized spacial score (nSPS) is 10.4. The zero-order chi connectivity index (χ0) is 9.90. The molecule has 0 unspecified atom stereocenters. The number of carbonyl (C=O) groups is 1. The molecule has 78 valence electrons. The molecule has 1 aromatic heterocycles. The van der Waals surface area contributed by atoms with E-state index in [2.05, 4.69) is 4.98 Å². The number of rotatable bonds is 3. The van der Waals surface area contributed by atoms with Gasteiger partial charge in [-0.1, -0.05) is 6.07 Å². The van der Waals surface area contributed by atoms with E-state index < -0.39 is 24.0 Å². The molecule has 1 N–H and O–H groups in total. The monoisotopic (exact) mass is 223 g/mol. The third kappa shape index (κ3) is 3.26. The van der Waals surface area contributed by atoms with Gasteiger partial charge in [0.15, 0.2) is 0 Å². The molecule has 0 aliphatic rings. The molecule has 0 radical (unpaired) electrons. The van der Waals surface area contributed by atoms with E-state index in [1.807, 2.05) is 0 Å². The van der Waals surface area contributed by atoms with Gasteiger partial charge in [-0.3, -0.25) is 9.78 Å². The molecule has 1 heterocycles. The summed E-state index contributed by atoms with van der Waals surface area (Å²) in [5.74, 6) is -4.94. The van der Waals surface area contributed by atoms with E-state index in [-0.39, 0.29) is 12.4 Å². The van der Waals surface area contributed by atoms with Crippen molar-refractivity contribution in [2.75, 3.05) is 0 Å². The second kappa shape index (κ2) is 4.85. The van der Waals surface area contributed by atoms with Crippen LogP contribution in [0.25, 0.3) is 0 Å². The van der Waals surface area contributed by atoms with Gasteiger partial charge in [0, 0.05) is 6.20 Å². The molecule has 0 fully saturated rings. The Labute approximate surface area is 85.2 Å². The summed E-state index contributed by atoms with van der Waals surface area (Å²) >= 11 is 0. The summed E-state index contributed by atoms with van der Waals surface area (Å²) in [6.07, 6.45) is -0.0326. The molecule has 0 spiro atoms. The lowest BCUT2D eigenvalue weighted by molar-refractivity contribution is -0.145. The second-order valence-corrected chi connectivity index (χ2v) is 2.49. The van der Waals surface area contributed by atoms with Crippen LogP contribution in [0, 0.1) is 0 Å². The second-order valence-electron chi connectivity index (χ2n) is 2.49. The molecule has 0 bridgehead atoms. The molecule has 0 aromatic carbocycles. The average Bonchev–Trinajstić information content (AvgIpc) is 2.04. The summed E-state index contributed by atoms with van der Waals surface area (Å²) in [6.45, 7) is 0. The van der Waals surface area contributed by atoms with Crippen LogP contribution >= 0.6 is 12.4 Å². The van der Waals surface area contributed by atoms with Crippen LogP contribution in [-0.4, -0.2) is 16.1 Å². The molecule has 0 saturated carbocycles. The highest BCUT2D eigenvalue weighted by Gasteiger charge is 2.35. The number of pyridine rings is 1. The van der Waals surface area contributed by atoms with Crippen LogP contribution in [-0.2, 0) is 10.7 Å². The minimum absolute atomic E-state index is 0. The maximum absolute atomic E-state index is 13.0. The summed E-state index contributed by atoms with van der Waals surface area (Å²) in [5, 5.41) is 8.20. The van der Waals surface area contributed by atoms with Gasteiger partial charge in [0.25, 0.3) is 5.92 Å². The summed E-state index contributed by atoms with van der Waals surface area (Å²) in [5.41, 5.74) is -0.516. The number of nitrogens with zero attached hydrogens (tertiary/aromatic N) is 1. The predicted molar refractivity (Wildman–Crippen MR) is 47.6 cm³/mol. The highest BCUT2D eigenvalue weighted by Crippen LogP contribution is 2.29. The number of carboxylic acid groups (broad SMARTS) is 1. The van der Waals surface area contributed by atoms with Gasteiger partial charge in [0.2, 0.25) is 0 Å². The van der Waals surface area contributed by atoms with E-state index in [1.54, 1.807) is 0 Å². The first-order valence-corrected chi connectivity index (χ1v) is 3.53. The summed E-state index contributed by atoms with van der Waals surface area (Å²) in [6, 6.07) is 3.97. The standard InChI is InChI=1S/C8H7F2NO2.ClH/c9-8(10,5-7(12)13)6-3-1-2-4-11-6;/h1-4H,5H2,(H,12,13);1H. The van der Waals surface area contributed by atoms with Crippen molar-refractivity contribution in [2.24, 2.45) is 0 Å². The van der Waals surface area contributed by atoms with Crippen molar-refractivity contribution in [1.29, 1.82) is 0 Å². The van der Waals surface area contributed by atoms with Crippen LogP contribution in [0.15, 0.2) is 24.4 Å². The van der Waals surface area contributed by atoms with Gasteiger partial charge in [0.05, 0.1) is 0 Å². The number of alkyl halides is 2. The number of halogens is 3. The fraction of sp³-hybridized carbons (Fsp3) is 0.250. The third-order valence-corrected chi connectivity index (χ3v) is 1.41. The highest BCUT2D eigenvalue weighted by molar-refractivity contribution is 5.85. The minimum Gasteiger partial charge on any atom is -0.481 e. The Kier molecular flexibility index (Phi) is 4.43. The first-order chi connectivity index (χ1) is 6.02. The number of aliphatic carboxylic acids is 1. The molecule has 0 atom stereocenters. The summed E-state index contributed by atoms with van der Waals surface area (Å²) < 4.78 is 25.9. The minimum atomic E-state index is -3.40. The highest BCUT2D eigenvalue weighted by atomic mass is 35.5. The van der Waals surface area contributed by atoms with Crippen LogP contribution < -0.4 is 0 Å². The zero-order valence-electron chi connectivity index (χ0n) is 6.98. The maximum Gasteiger partial charge on any atom is 0.309 e. The fourth-order valence-electron chi connectivity index (χ4n) is 0.860. The number of hydrogen-bond acceptors (Lipinski definition) is 2. The molecule has 0 saturated heterocycles. The van der Waals surface area contributed by atoms with Gasteiger partial charge in [0.1, 0.15) is 12.1 Å². The Balaban J connectivity index is 0.00000169. The molecule has 0 amide bonds. The van der Waals surface area contributed by atoms with E-state index in [1.165, 1.54) is 18.3 Å². The van der Waals surface area contributed by atoms with E-state index >= 15 is 0 Å². The van der Waals surface area contributed by atoms with Crippen LogP contribution in [0.5, 0.6) is 0 Å². The Morgan fingerprint density at radius 2 is 2.14 bits per heavy atom. The predicted octanol–water partition coefficient (Wildman–Crippen LogP) is 2.07. The lowest BCUT2D eigenvalue weighted by Gasteiger charge is -2.12. The molecule has 0 aliphatic heterocycles. The van der Waals surface area contributed by atoms with Gasteiger partial charge < -0.3 is 5.11 Å². The Hall–Kier alpha value is -1.23. The maximum atomic E-state index is 13.0. The first kappa shape index (κ1) is 12.8. The van der Waals surface area contributed by atoms with Gasteiger partial charge in [-0.2, -0.15) is 8.78 Å². The van der Waals surface area contributed by atoms with E-state index in [0.717, 1.165) is 6.07 Å². The number of carboxylic acids is 1. The Bertz CT molecular complexity index is 305. The quantitative estimate of drug-likeness (QED) is 0.854. The Morgan fingerprint density at radius 1 is 1.50 bits per heavy atom. The van der Waals surface area contributed by atoms with E-state index in [0.29, 0.717) is 0 Å².